The normalized spacial score (nSPS) is 14.6. The SMILES string of the molecule is CC(C)OCCCNC(=O)CCC(=O)N1CCN(c2nc3cccnc3s2)CC1. The van der Waals surface area contributed by atoms with Crippen LogP contribution in [-0.4, -0.2) is 72.1 Å². The Hall–Kier alpha value is -2.26. The van der Waals surface area contributed by atoms with Gasteiger partial charge >= 0.3 is 0 Å². The van der Waals surface area contributed by atoms with Crippen molar-refractivity contribution in [1.82, 2.24) is 20.2 Å². The smallest absolute Gasteiger partial charge is 0.223 e. The maximum absolute atomic E-state index is 12.4. The summed E-state index contributed by atoms with van der Waals surface area (Å²) >= 11 is 1.58. The molecule has 0 saturated carbocycles. The number of rotatable bonds is 9. The van der Waals surface area contributed by atoms with Crippen molar-refractivity contribution in [2.24, 2.45) is 0 Å². The van der Waals surface area contributed by atoms with Crippen LogP contribution in [0.4, 0.5) is 5.13 Å². The predicted octanol–water partition coefficient (Wildman–Crippen LogP) is 2.05. The Morgan fingerprint density at radius 2 is 2.03 bits per heavy atom. The third-order valence-corrected chi connectivity index (χ3v) is 5.76. The van der Waals surface area contributed by atoms with Crippen molar-refractivity contribution in [3.63, 3.8) is 0 Å². The van der Waals surface area contributed by atoms with Gasteiger partial charge in [0.05, 0.1) is 6.10 Å². The van der Waals surface area contributed by atoms with E-state index in [0.717, 1.165) is 35.0 Å². The van der Waals surface area contributed by atoms with E-state index in [1.165, 1.54) is 0 Å². The topological polar surface area (TPSA) is 87.7 Å². The van der Waals surface area contributed by atoms with Gasteiger partial charge < -0.3 is 19.9 Å². The van der Waals surface area contributed by atoms with E-state index in [1.807, 2.05) is 30.9 Å². The molecule has 0 unspecified atom stereocenters. The van der Waals surface area contributed by atoms with E-state index < -0.39 is 0 Å². The van der Waals surface area contributed by atoms with Gasteiger partial charge in [0.1, 0.15) is 10.3 Å². The van der Waals surface area contributed by atoms with Crippen LogP contribution in [0.2, 0.25) is 0 Å². The maximum Gasteiger partial charge on any atom is 0.223 e. The van der Waals surface area contributed by atoms with Gasteiger partial charge in [-0.1, -0.05) is 11.3 Å². The number of fused-ring (bicyclic) bond motifs is 1. The molecule has 0 aliphatic carbocycles. The molecule has 1 fully saturated rings. The molecule has 0 aromatic carbocycles. The average Bonchev–Trinajstić information content (AvgIpc) is 3.16. The summed E-state index contributed by atoms with van der Waals surface area (Å²) in [6.45, 7) is 7.97. The van der Waals surface area contributed by atoms with Crippen molar-refractivity contribution in [3.05, 3.63) is 18.3 Å². The fraction of sp³-hybridized carbons (Fsp3) is 0.600. The van der Waals surface area contributed by atoms with E-state index >= 15 is 0 Å². The Morgan fingerprint density at radius 1 is 1.24 bits per heavy atom. The highest BCUT2D eigenvalue weighted by atomic mass is 32.1. The minimum absolute atomic E-state index is 0.0360. The number of amides is 2. The van der Waals surface area contributed by atoms with Gasteiger partial charge in [-0.15, -0.1) is 0 Å². The largest absolute Gasteiger partial charge is 0.379 e. The maximum atomic E-state index is 12.4. The van der Waals surface area contributed by atoms with Crippen molar-refractivity contribution in [3.8, 4) is 0 Å². The third-order valence-electron chi connectivity index (χ3n) is 4.72. The Balaban J connectivity index is 1.35. The van der Waals surface area contributed by atoms with Crippen molar-refractivity contribution >= 4 is 38.6 Å². The predicted molar refractivity (Wildman–Crippen MR) is 114 cm³/mol. The number of nitrogens with one attached hydrogen (secondary N) is 1. The minimum atomic E-state index is -0.0801. The van der Waals surface area contributed by atoms with Crippen LogP contribution in [0, 0.1) is 0 Å². The van der Waals surface area contributed by atoms with Crippen molar-refractivity contribution in [2.45, 2.75) is 39.2 Å². The first kappa shape index (κ1) is 21.4. The van der Waals surface area contributed by atoms with E-state index in [1.54, 1.807) is 17.5 Å². The molecule has 0 radical (unpaired) electrons. The second-order valence-electron chi connectivity index (χ2n) is 7.32. The lowest BCUT2D eigenvalue weighted by Crippen LogP contribution is -2.48. The summed E-state index contributed by atoms with van der Waals surface area (Å²) < 4.78 is 5.44. The van der Waals surface area contributed by atoms with Crippen LogP contribution in [0.3, 0.4) is 0 Å². The molecular formula is C20H29N5O3S. The van der Waals surface area contributed by atoms with Crippen LogP contribution in [0.15, 0.2) is 18.3 Å². The number of carbonyl (C=O) groups is 2. The Morgan fingerprint density at radius 3 is 2.76 bits per heavy atom. The first-order valence-corrected chi connectivity index (χ1v) is 11.0. The number of aromatic nitrogens is 2. The Labute approximate surface area is 175 Å². The summed E-state index contributed by atoms with van der Waals surface area (Å²) in [5.74, 6) is -0.0441. The lowest BCUT2D eigenvalue weighted by molar-refractivity contribution is -0.133. The van der Waals surface area contributed by atoms with Gasteiger partial charge in [-0.3, -0.25) is 9.59 Å². The number of thiazole rings is 1. The molecule has 1 saturated heterocycles. The lowest BCUT2D eigenvalue weighted by atomic mass is 10.2. The van der Waals surface area contributed by atoms with Crippen LogP contribution in [0.25, 0.3) is 10.3 Å². The van der Waals surface area contributed by atoms with Crippen LogP contribution >= 0.6 is 11.3 Å². The molecule has 8 nitrogen and oxygen atoms in total. The number of hydrogen-bond acceptors (Lipinski definition) is 7. The number of nitrogens with zero attached hydrogens (tertiary/aromatic N) is 4. The van der Waals surface area contributed by atoms with Crippen LogP contribution in [0.1, 0.15) is 33.1 Å². The van der Waals surface area contributed by atoms with Gasteiger partial charge in [-0.2, -0.15) is 0 Å². The quantitative estimate of drug-likeness (QED) is 0.626. The monoisotopic (exact) mass is 419 g/mol. The van der Waals surface area contributed by atoms with Gasteiger partial charge in [0.15, 0.2) is 5.13 Å². The fourth-order valence-corrected chi connectivity index (χ4v) is 4.09. The molecule has 2 aromatic heterocycles. The molecule has 2 amide bonds. The minimum Gasteiger partial charge on any atom is -0.379 e. The molecule has 0 bridgehead atoms. The molecule has 3 heterocycles. The molecule has 2 aromatic rings. The molecule has 158 valence electrons. The highest BCUT2D eigenvalue weighted by Crippen LogP contribution is 2.27. The first-order chi connectivity index (χ1) is 14.0. The summed E-state index contributed by atoms with van der Waals surface area (Å²) in [6, 6.07) is 3.85. The Kier molecular flexibility index (Phi) is 7.76. The van der Waals surface area contributed by atoms with Crippen molar-refractivity contribution in [2.75, 3.05) is 44.2 Å². The van der Waals surface area contributed by atoms with Gasteiger partial charge in [0, 0.05) is 58.4 Å². The number of anilines is 1. The van der Waals surface area contributed by atoms with Crippen molar-refractivity contribution < 1.29 is 14.3 Å². The van der Waals surface area contributed by atoms with Gasteiger partial charge in [0.2, 0.25) is 11.8 Å². The van der Waals surface area contributed by atoms with E-state index in [9.17, 15) is 9.59 Å². The van der Waals surface area contributed by atoms with Gasteiger partial charge in [0.25, 0.3) is 0 Å². The molecule has 0 atom stereocenters. The van der Waals surface area contributed by atoms with Crippen molar-refractivity contribution in [1.29, 1.82) is 0 Å². The fourth-order valence-electron chi connectivity index (χ4n) is 3.13. The molecule has 1 aliphatic heterocycles. The summed E-state index contributed by atoms with van der Waals surface area (Å²) in [7, 11) is 0. The second-order valence-corrected chi connectivity index (χ2v) is 8.27. The summed E-state index contributed by atoms with van der Waals surface area (Å²) in [5.41, 5.74) is 0.910. The summed E-state index contributed by atoms with van der Waals surface area (Å²) in [5, 5.41) is 3.80. The summed E-state index contributed by atoms with van der Waals surface area (Å²) in [6.07, 6.45) is 3.24. The molecular weight excluding hydrogens is 390 g/mol. The zero-order chi connectivity index (χ0) is 20.6. The lowest BCUT2D eigenvalue weighted by Gasteiger charge is -2.34. The summed E-state index contributed by atoms with van der Waals surface area (Å²) in [4.78, 5) is 38.3. The number of pyridine rings is 1. The molecule has 29 heavy (non-hydrogen) atoms. The van der Waals surface area contributed by atoms with E-state index in [2.05, 4.69) is 20.2 Å². The number of ether oxygens (including phenoxy) is 1. The van der Waals surface area contributed by atoms with E-state index in [4.69, 9.17) is 4.74 Å². The van der Waals surface area contributed by atoms with E-state index in [-0.39, 0.29) is 30.8 Å². The van der Waals surface area contributed by atoms with E-state index in [0.29, 0.717) is 26.2 Å². The van der Waals surface area contributed by atoms with Gasteiger partial charge in [-0.05, 0) is 32.4 Å². The van der Waals surface area contributed by atoms with Crippen LogP contribution < -0.4 is 10.2 Å². The van der Waals surface area contributed by atoms with Crippen LogP contribution in [-0.2, 0) is 14.3 Å². The highest BCUT2D eigenvalue weighted by Gasteiger charge is 2.23. The third kappa shape index (κ3) is 6.37. The Bertz CT molecular complexity index is 784. The molecule has 1 aliphatic rings. The molecule has 0 spiro atoms. The number of carbonyl (C=O) groups excluding carboxylic acids is 2. The first-order valence-electron chi connectivity index (χ1n) is 10.2. The zero-order valence-corrected chi connectivity index (χ0v) is 17.9. The van der Waals surface area contributed by atoms with Gasteiger partial charge in [-0.25, -0.2) is 9.97 Å². The second kappa shape index (κ2) is 10.5. The van der Waals surface area contributed by atoms with Crippen LogP contribution in [0.5, 0.6) is 0 Å². The highest BCUT2D eigenvalue weighted by molar-refractivity contribution is 7.21. The number of hydrogen-bond donors (Lipinski definition) is 1. The number of piperazine rings is 1. The molecule has 9 heteroatoms. The standard InChI is InChI=1S/C20H29N5O3S/c1-15(2)28-14-4-9-21-17(26)6-7-18(27)24-10-12-25(13-11-24)20-23-16-5-3-8-22-19(16)29-20/h3,5,8,15H,4,6-7,9-14H2,1-2H3,(H,21,26). The molecule has 1 N–H and O–H groups in total. The zero-order valence-electron chi connectivity index (χ0n) is 17.1. The average molecular weight is 420 g/mol. The molecule has 3 rings (SSSR count).